The Morgan fingerprint density at radius 1 is 1.14 bits per heavy atom. The number of para-hydroxylation sites is 1. The van der Waals surface area contributed by atoms with E-state index >= 15 is 0 Å². The van der Waals surface area contributed by atoms with Gasteiger partial charge in [-0.05, 0) is 43.3 Å². The number of hydrogen-bond donors (Lipinski definition) is 2. The quantitative estimate of drug-likeness (QED) is 0.664. The number of carbonyl (C=O) groups excluding carboxylic acids is 2. The second kappa shape index (κ2) is 7.85. The molecule has 1 aliphatic heterocycles. The van der Waals surface area contributed by atoms with Gasteiger partial charge in [0, 0.05) is 31.0 Å². The van der Waals surface area contributed by atoms with Gasteiger partial charge in [0.1, 0.15) is 12.0 Å². The van der Waals surface area contributed by atoms with Crippen LogP contribution < -0.4 is 5.32 Å². The van der Waals surface area contributed by atoms with Crippen LogP contribution in [0.1, 0.15) is 33.7 Å². The van der Waals surface area contributed by atoms with E-state index in [2.05, 4.69) is 10.3 Å². The van der Waals surface area contributed by atoms with Crippen molar-refractivity contribution in [2.75, 3.05) is 13.1 Å². The second-order valence-electron chi connectivity index (χ2n) is 6.70. The van der Waals surface area contributed by atoms with E-state index < -0.39 is 0 Å². The van der Waals surface area contributed by atoms with Crippen LogP contribution in [0.2, 0.25) is 0 Å². The third kappa shape index (κ3) is 3.63. The van der Waals surface area contributed by atoms with Gasteiger partial charge in [-0.1, -0.05) is 18.2 Å². The molecule has 2 N–H and O–H groups in total. The third-order valence-electron chi connectivity index (χ3n) is 4.91. The number of aromatic nitrogens is 2. The Kier molecular flexibility index (Phi) is 5.12. The number of piperidine rings is 1. The molecule has 1 aliphatic rings. The van der Waals surface area contributed by atoms with E-state index in [1.54, 1.807) is 21.7 Å². The maximum atomic E-state index is 12.8. The molecule has 0 bridgehead atoms. The zero-order valence-corrected chi connectivity index (χ0v) is 15.9. The van der Waals surface area contributed by atoms with Crippen LogP contribution in [0.4, 0.5) is 0 Å². The first-order chi connectivity index (χ1) is 13.6. The number of aromatic amines is 1. The van der Waals surface area contributed by atoms with Crippen molar-refractivity contribution in [3.63, 3.8) is 0 Å². The fourth-order valence-electron chi connectivity index (χ4n) is 3.42. The summed E-state index contributed by atoms with van der Waals surface area (Å²) in [5, 5.41) is 3.07. The lowest BCUT2D eigenvalue weighted by atomic mass is 10.0. The van der Waals surface area contributed by atoms with Crippen LogP contribution in [0.3, 0.4) is 0 Å². The van der Waals surface area contributed by atoms with Gasteiger partial charge in [0.05, 0.1) is 11.8 Å². The SMILES string of the molecule is O=C(NC1CCN(C(=O)c2ccoc2)CC1)c1c[nH]c(=S)n1-c1ccccc1. The molecule has 2 amide bonds. The number of imidazole rings is 1. The molecule has 1 fully saturated rings. The number of rotatable bonds is 4. The molecular weight excluding hydrogens is 376 g/mol. The minimum absolute atomic E-state index is 0.00796. The van der Waals surface area contributed by atoms with Gasteiger partial charge < -0.3 is 19.6 Å². The average Bonchev–Trinajstić information content (AvgIpc) is 3.38. The summed E-state index contributed by atoms with van der Waals surface area (Å²) in [6, 6.07) is 11.2. The van der Waals surface area contributed by atoms with E-state index in [1.165, 1.54) is 12.5 Å². The van der Waals surface area contributed by atoms with Gasteiger partial charge in [-0.3, -0.25) is 14.2 Å². The smallest absolute Gasteiger partial charge is 0.270 e. The van der Waals surface area contributed by atoms with Crippen LogP contribution in [-0.4, -0.2) is 45.4 Å². The van der Waals surface area contributed by atoms with E-state index in [9.17, 15) is 9.59 Å². The molecule has 0 spiro atoms. The van der Waals surface area contributed by atoms with Crippen LogP contribution >= 0.6 is 12.2 Å². The number of furan rings is 1. The number of amides is 2. The lowest BCUT2D eigenvalue weighted by molar-refractivity contribution is 0.0697. The Balaban J connectivity index is 1.41. The van der Waals surface area contributed by atoms with Crippen molar-refractivity contribution in [3.8, 4) is 5.69 Å². The first-order valence-electron chi connectivity index (χ1n) is 9.11. The van der Waals surface area contributed by atoms with Crippen molar-refractivity contribution in [2.45, 2.75) is 18.9 Å². The summed E-state index contributed by atoms with van der Waals surface area (Å²) in [5.74, 6) is -0.224. The van der Waals surface area contributed by atoms with Crippen molar-refractivity contribution in [1.29, 1.82) is 0 Å². The molecule has 0 radical (unpaired) electrons. The first-order valence-corrected chi connectivity index (χ1v) is 9.52. The Hall–Kier alpha value is -3.13. The number of likely N-dealkylation sites (tertiary alicyclic amines) is 1. The Labute approximate surface area is 167 Å². The van der Waals surface area contributed by atoms with Gasteiger partial charge in [-0.25, -0.2) is 0 Å². The highest BCUT2D eigenvalue weighted by atomic mass is 32.1. The average molecular weight is 396 g/mol. The fourth-order valence-corrected chi connectivity index (χ4v) is 3.69. The summed E-state index contributed by atoms with van der Waals surface area (Å²) < 4.78 is 7.17. The topological polar surface area (TPSA) is 83.3 Å². The molecule has 144 valence electrons. The number of hydrogen-bond acceptors (Lipinski definition) is 4. The zero-order chi connectivity index (χ0) is 19.5. The normalized spacial score (nSPS) is 14.8. The van der Waals surface area contributed by atoms with Crippen LogP contribution in [0, 0.1) is 4.77 Å². The van der Waals surface area contributed by atoms with Gasteiger partial charge in [-0.15, -0.1) is 0 Å². The van der Waals surface area contributed by atoms with Gasteiger partial charge in [0.15, 0.2) is 4.77 Å². The van der Waals surface area contributed by atoms with Gasteiger partial charge in [0.25, 0.3) is 11.8 Å². The Morgan fingerprint density at radius 3 is 2.57 bits per heavy atom. The number of nitrogens with zero attached hydrogens (tertiary/aromatic N) is 2. The van der Waals surface area contributed by atoms with Crippen LogP contribution in [-0.2, 0) is 0 Å². The highest BCUT2D eigenvalue weighted by molar-refractivity contribution is 7.71. The van der Waals surface area contributed by atoms with E-state index in [0.29, 0.717) is 42.0 Å². The Bertz CT molecular complexity index is 1020. The summed E-state index contributed by atoms with van der Waals surface area (Å²) in [7, 11) is 0. The van der Waals surface area contributed by atoms with Gasteiger partial charge >= 0.3 is 0 Å². The van der Waals surface area contributed by atoms with E-state index in [0.717, 1.165) is 5.69 Å². The standard InChI is InChI=1S/C20H20N4O3S/c25-18(17-12-21-20(28)24(17)16-4-2-1-3-5-16)22-15-6-9-23(10-7-15)19(26)14-8-11-27-13-14/h1-5,8,11-13,15H,6-7,9-10H2,(H,21,28)(H,22,25). The molecule has 3 aromatic rings. The summed E-state index contributed by atoms with van der Waals surface area (Å²) in [6.07, 6.45) is 5.98. The molecule has 3 heterocycles. The number of carbonyl (C=O) groups is 2. The van der Waals surface area contributed by atoms with Crippen LogP contribution in [0.25, 0.3) is 5.69 Å². The molecule has 0 unspecified atom stereocenters. The highest BCUT2D eigenvalue weighted by Crippen LogP contribution is 2.16. The maximum absolute atomic E-state index is 12.8. The maximum Gasteiger partial charge on any atom is 0.270 e. The molecule has 4 rings (SSSR count). The molecular formula is C20H20N4O3S. The predicted molar refractivity (Wildman–Crippen MR) is 106 cm³/mol. The number of H-pyrrole nitrogens is 1. The molecule has 7 nitrogen and oxygen atoms in total. The number of benzene rings is 1. The second-order valence-corrected chi connectivity index (χ2v) is 7.09. The lowest BCUT2D eigenvalue weighted by Crippen LogP contribution is -2.46. The molecule has 8 heteroatoms. The minimum Gasteiger partial charge on any atom is -0.472 e. The fraction of sp³-hybridized carbons (Fsp3) is 0.250. The predicted octanol–water partition coefficient (Wildman–Crippen LogP) is 3.16. The van der Waals surface area contributed by atoms with Crippen molar-refractivity contribution in [1.82, 2.24) is 19.8 Å². The molecule has 0 atom stereocenters. The molecule has 1 saturated heterocycles. The lowest BCUT2D eigenvalue weighted by Gasteiger charge is -2.32. The molecule has 2 aromatic heterocycles. The summed E-state index contributed by atoms with van der Waals surface area (Å²) in [5.41, 5.74) is 1.85. The zero-order valence-electron chi connectivity index (χ0n) is 15.1. The van der Waals surface area contributed by atoms with Crippen LogP contribution in [0.15, 0.2) is 59.5 Å². The van der Waals surface area contributed by atoms with Crippen molar-refractivity contribution < 1.29 is 14.0 Å². The molecule has 28 heavy (non-hydrogen) atoms. The highest BCUT2D eigenvalue weighted by Gasteiger charge is 2.26. The third-order valence-corrected chi connectivity index (χ3v) is 5.21. The van der Waals surface area contributed by atoms with Gasteiger partial charge in [0.2, 0.25) is 0 Å². The molecule has 0 aliphatic carbocycles. The molecule has 1 aromatic carbocycles. The largest absolute Gasteiger partial charge is 0.472 e. The van der Waals surface area contributed by atoms with Crippen molar-refractivity contribution in [3.05, 3.63) is 71.1 Å². The van der Waals surface area contributed by atoms with Crippen molar-refractivity contribution in [2.24, 2.45) is 0 Å². The van der Waals surface area contributed by atoms with Crippen molar-refractivity contribution >= 4 is 24.0 Å². The van der Waals surface area contributed by atoms with Gasteiger partial charge in [-0.2, -0.15) is 0 Å². The van der Waals surface area contributed by atoms with Crippen LogP contribution in [0.5, 0.6) is 0 Å². The first kappa shape index (κ1) is 18.2. The monoisotopic (exact) mass is 396 g/mol. The minimum atomic E-state index is -0.184. The summed E-state index contributed by atoms with van der Waals surface area (Å²) in [6.45, 7) is 1.18. The summed E-state index contributed by atoms with van der Waals surface area (Å²) >= 11 is 5.34. The van der Waals surface area contributed by atoms with E-state index in [4.69, 9.17) is 16.6 Å². The number of nitrogens with one attached hydrogen (secondary N) is 2. The van der Waals surface area contributed by atoms with E-state index in [-0.39, 0.29) is 17.9 Å². The molecule has 0 saturated carbocycles. The summed E-state index contributed by atoms with van der Waals surface area (Å²) in [4.78, 5) is 29.9. The van der Waals surface area contributed by atoms with E-state index in [1.807, 2.05) is 30.3 Å². The Morgan fingerprint density at radius 2 is 1.89 bits per heavy atom.